The monoisotopic (exact) mass is 372 g/mol. The summed E-state index contributed by atoms with van der Waals surface area (Å²) in [5, 5.41) is 0. The van der Waals surface area contributed by atoms with Crippen LogP contribution in [0.25, 0.3) is 0 Å². The molecule has 6 nitrogen and oxygen atoms in total. The minimum atomic E-state index is -0.619. The summed E-state index contributed by atoms with van der Waals surface area (Å²) in [6.45, 7) is 9.00. The van der Waals surface area contributed by atoms with Crippen molar-refractivity contribution in [2.75, 3.05) is 13.7 Å². The molecule has 0 bridgehead atoms. The van der Waals surface area contributed by atoms with Crippen molar-refractivity contribution in [3.05, 3.63) is 46.8 Å². The van der Waals surface area contributed by atoms with Gasteiger partial charge in [-0.2, -0.15) is 0 Å². The largest absolute Gasteiger partial charge is 0.497 e. The van der Waals surface area contributed by atoms with Gasteiger partial charge < -0.3 is 19.8 Å². The third-order valence-corrected chi connectivity index (χ3v) is 4.62. The molecule has 0 fully saturated rings. The number of aromatic nitrogens is 1. The Balaban J connectivity index is 2.17. The lowest BCUT2D eigenvalue weighted by molar-refractivity contribution is 0.0911. The highest BCUT2D eigenvalue weighted by molar-refractivity contribution is 5.99. The first kappa shape index (κ1) is 20.6. The SMILES string of the molecule is COc1ccc(C(N)=O)c(OCC(=O)c2cc(C)n(CCC(C)C)c2C)c1. The number of Topliss-reactive ketones (excluding diaryl/α,β-unsaturated/α-hetero) is 1. The summed E-state index contributed by atoms with van der Waals surface area (Å²) in [6.07, 6.45) is 1.05. The van der Waals surface area contributed by atoms with E-state index in [-0.39, 0.29) is 23.7 Å². The fourth-order valence-corrected chi connectivity index (χ4v) is 2.99. The van der Waals surface area contributed by atoms with Gasteiger partial charge in [0.1, 0.15) is 11.5 Å². The average Bonchev–Trinajstić information content (AvgIpc) is 2.91. The Kier molecular flexibility index (Phi) is 6.66. The van der Waals surface area contributed by atoms with E-state index in [4.69, 9.17) is 15.2 Å². The number of amides is 1. The molecule has 6 heteroatoms. The topological polar surface area (TPSA) is 83.6 Å². The molecule has 2 aromatic rings. The number of ether oxygens (including phenoxy) is 2. The molecule has 0 saturated heterocycles. The molecule has 0 saturated carbocycles. The van der Waals surface area contributed by atoms with E-state index in [9.17, 15) is 9.59 Å². The van der Waals surface area contributed by atoms with Crippen molar-refractivity contribution in [1.29, 1.82) is 0 Å². The number of benzene rings is 1. The third kappa shape index (κ3) is 4.90. The molecule has 1 heterocycles. The molecule has 0 aliphatic carbocycles. The second kappa shape index (κ2) is 8.75. The van der Waals surface area contributed by atoms with Crippen LogP contribution in [0.2, 0.25) is 0 Å². The van der Waals surface area contributed by atoms with E-state index >= 15 is 0 Å². The van der Waals surface area contributed by atoms with Crippen molar-refractivity contribution in [3.8, 4) is 11.5 Å². The molecule has 1 aromatic carbocycles. The fourth-order valence-electron chi connectivity index (χ4n) is 2.99. The highest BCUT2D eigenvalue weighted by atomic mass is 16.5. The average molecular weight is 372 g/mol. The van der Waals surface area contributed by atoms with Crippen molar-refractivity contribution >= 4 is 11.7 Å². The lowest BCUT2D eigenvalue weighted by Gasteiger charge is -2.12. The van der Waals surface area contributed by atoms with Gasteiger partial charge in [0.2, 0.25) is 5.78 Å². The Morgan fingerprint density at radius 3 is 2.44 bits per heavy atom. The van der Waals surface area contributed by atoms with Crippen LogP contribution in [0.3, 0.4) is 0 Å². The van der Waals surface area contributed by atoms with Gasteiger partial charge in [-0.1, -0.05) is 13.8 Å². The van der Waals surface area contributed by atoms with Crippen molar-refractivity contribution < 1.29 is 19.1 Å². The first-order valence-corrected chi connectivity index (χ1v) is 9.05. The molecule has 2 N–H and O–H groups in total. The standard InChI is InChI=1S/C21H28N2O4/c1-13(2)8-9-23-14(3)10-18(15(23)4)19(24)12-27-20-11-16(26-5)6-7-17(20)21(22)25/h6-7,10-11,13H,8-9,12H2,1-5H3,(H2,22,25). The van der Waals surface area contributed by atoms with E-state index in [0.29, 0.717) is 17.2 Å². The predicted octanol–water partition coefficient (Wildman–Crippen LogP) is 3.52. The first-order chi connectivity index (χ1) is 12.7. The summed E-state index contributed by atoms with van der Waals surface area (Å²) in [4.78, 5) is 24.3. The number of aryl methyl sites for hydroxylation is 1. The Morgan fingerprint density at radius 2 is 1.85 bits per heavy atom. The second-order valence-electron chi connectivity index (χ2n) is 7.06. The van der Waals surface area contributed by atoms with Gasteiger partial charge in [-0.3, -0.25) is 9.59 Å². The Hall–Kier alpha value is -2.76. The summed E-state index contributed by atoms with van der Waals surface area (Å²) >= 11 is 0. The van der Waals surface area contributed by atoms with Gasteiger partial charge in [0.15, 0.2) is 6.61 Å². The summed E-state index contributed by atoms with van der Waals surface area (Å²) in [7, 11) is 1.51. The first-order valence-electron chi connectivity index (χ1n) is 9.05. The quantitative estimate of drug-likeness (QED) is 0.683. The number of carbonyl (C=O) groups excluding carboxylic acids is 2. The van der Waals surface area contributed by atoms with E-state index in [1.807, 2.05) is 19.9 Å². The predicted molar refractivity (Wildman–Crippen MR) is 105 cm³/mol. The van der Waals surface area contributed by atoms with E-state index in [1.165, 1.54) is 13.2 Å². The Bertz CT molecular complexity index is 837. The highest BCUT2D eigenvalue weighted by Gasteiger charge is 2.18. The van der Waals surface area contributed by atoms with E-state index < -0.39 is 5.91 Å². The maximum absolute atomic E-state index is 12.7. The maximum Gasteiger partial charge on any atom is 0.252 e. The summed E-state index contributed by atoms with van der Waals surface area (Å²) in [6, 6.07) is 6.59. The van der Waals surface area contributed by atoms with Gasteiger partial charge in [0, 0.05) is 29.6 Å². The molecule has 0 aliphatic heterocycles. The number of ketones is 1. The molecule has 0 radical (unpaired) electrons. The molecular formula is C21H28N2O4. The highest BCUT2D eigenvalue weighted by Crippen LogP contribution is 2.25. The van der Waals surface area contributed by atoms with Crippen molar-refractivity contribution in [1.82, 2.24) is 4.57 Å². The number of nitrogens with zero attached hydrogens (tertiary/aromatic N) is 1. The summed E-state index contributed by atoms with van der Waals surface area (Å²) in [5.41, 5.74) is 8.22. The lowest BCUT2D eigenvalue weighted by atomic mass is 10.1. The summed E-state index contributed by atoms with van der Waals surface area (Å²) in [5.74, 6) is 0.594. The molecule has 0 aliphatic rings. The van der Waals surface area contributed by atoms with Crippen molar-refractivity contribution in [2.24, 2.45) is 11.7 Å². The maximum atomic E-state index is 12.7. The number of nitrogens with two attached hydrogens (primary N) is 1. The van der Waals surface area contributed by atoms with Gasteiger partial charge in [-0.05, 0) is 44.4 Å². The van der Waals surface area contributed by atoms with Gasteiger partial charge in [0.05, 0.1) is 12.7 Å². The Morgan fingerprint density at radius 1 is 1.15 bits per heavy atom. The molecular weight excluding hydrogens is 344 g/mol. The molecule has 0 unspecified atom stereocenters. The minimum Gasteiger partial charge on any atom is -0.497 e. The fraction of sp³-hybridized carbons (Fsp3) is 0.429. The Labute approximate surface area is 160 Å². The van der Waals surface area contributed by atoms with E-state index in [0.717, 1.165) is 24.4 Å². The minimum absolute atomic E-state index is 0.142. The van der Waals surface area contributed by atoms with Crippen LogP contribution in [0.5, 0.6) is 11.5 Å². The van der Waals surface area contributed by atoms with Gasteiger partial charge >= 0.3 is 0 Å². The van der Waals surface area contributed by atoms with Gasteiger partial charge in [-0.15, -0.1) is 0 Å². The number of rotatable bonds is 9. The number of methoxy groups -OCH3 is 1. The van der Waals surface area contributed by atoms with E-state index in [2.05, 4.69) is 18.4 Å². The molecule has 2 rings (SSSR count). The zero-order chi connectivity index (χ0) is 20.1. The van der Waals surface area contributed by atoms with Crippen LogP contribution in [0.15, 0.2) is 24.3 Å². The normalized spacial score (nSPS) is 10.9. The second-order valence-corrected chi connectivity index (χ2v) is 7.06. The van der Waals surface area contributed by atoms with Crippen LogP contribution in [0, 0.1) is 19.8 Å². The number of carbonyl (C=O) groups is 2. The molecule has 1 aromatic heterocycles. The molecule has 146 valence electrons. The zero-order valence-corrected chi connectivity index (χ0v) is 16.7. The molecule has 1 amide bonds. The number of hydrogen-bond donors (Lipinski definition) is 1. The van der Waals surface area contributed by atoms with Crippen LogP contribution >= 0.6 is 0 Å². The number of hydrogen-bond acceptors (Lipinski definition) is 4. The van der Waals surface area contributed by atoms with Gasteiger partial charge in [-0.25, -0.2) is 0 Å². The van der Waals surface area contributed by atoms with Crippen LogP contribution in [-0.4, -0.2) is 30.0 Å². The summed E-state index contributed by atoms with van der Waals surface area (Å²) < 4.78 is 12.9. The molecule has 0 spiro atoms. The lowest BCUT2D eigenvalue weighted by Crippen LogP contribution is -2.17. The van der Waals surface area contributed by atoms with E-state index in [1.54, 1.807) is 12.1 Å². The van der Waals surface area contributed by atoms with Crippen molar-refractivity contribution in [3.63, 3.8) is 0 Å². The molecule has 0 atom stereocenters. The van der Waals surface area contributed by atoms with Crippen molar-refractivity contribution in [2.45, 2.75) is 40.7 Å². The van der Waals surface area contributed by atoms with Crippen LogP contribution in [0.4, 0.5) is 0 Å². The third-order valence-electron chi connectivity index (χ3n) is 4.62. The van der Waals surface area contributed by atoms with Crippen LogP contribution < -0.4 is 15.2 Å². The van der Waals surface area contributed by atoms with Gasteiger partial charge in [0.25, 0.3) is 5.91 Å². The van der Waals surface area contributed by atoms with Crippen LogP contribution in [-0.2, 0) is 6.54 Å². The zero-order valence-electron chi connectivity index (χ0n) is 16.7. The smallest absolute Gasteiger partial charge is 0.252 e. The van der Waals surface area contributed by atoms with Crippen LogP contribution in [0.1, 0.15) is 52.4 Å². The molecule has 27 heavy (non-hydrogen) atoms. The number of primary amides is 1.